The molecule has 1 aromatic carbocycles. The van der Waals surface area contributed by atoms with Crippen LogP contribution < -0.4 is 0 Å². The first-order valence-corrected chi connectivity index (χ1v) is 9.58. The number of amides is 1. The number of carbonyl (C=O) groups excluding carboxylic acids is 1. The lowest BCUT2D eigenvalue weighted by Crippen LogP contribution is -2.41. The Labute approximate surface area is 155 Å². The molecular weight excluding hydrogens is 324 g/mol. The second-order valence-corrected chi connectivity index (χ2v) is 8.19. The number of carbonyl (C=O) groups is 1. The van der Waals surface area contributed by atoms with Gasteiger partial charge in [-0.25, -0.2) is 4.98 Å². The number of hydrogen-bond acceptors (Lipinski definition) is 3. The quantitative estimate of drug-likeness (QED) is 0.920. The van der Waals surface area contributed by atoms with Gasteiger partial charge in [0.15, 0.2) is 0 Å². The fourth-order valence-electron chi connectivity index (χ4n) is 4.47. The Hall–Kier alpha value is -2.14. The summed E-state index contributed by atoms with van der Waals surface area (Å²) in [5.74, 6) is 1.30. The number of aromatic nitrogens is 2. The van der Waals surface area contributed by atoms with Crippen LogP contribution in [0.2, 0.25) is 0 Å². The molecule has 1 N–H and O–H groups in total. The van der Waals surface area contributed by atoms with Crippen LogP contribution >= 0.6 is 0 Å². The van der Waals surface area contributed by atoms with Gasteiger partial charge in [0, 0.05) is 37.9 Å². The van der Waals surface area contributed by atoms with Gasteiger partial charge >= 0.3 is 0 Å². The number of imidazole rings is 1. The second-order valence-electron chi connectivity index (χ2n) is 8.19. The molecule has 2 saturated heterocycles. The van der Waals surface area contributed by atoms with Crippen LogP contribution in [-0.4, -0.2) is 45.3 Å². The molecule has 1 spiro atoms. The highest BCUT2D eigenvalue weighted by atomic mass is 16.2. The van der Waals surface area contributed by atoms with Crippen LogP contribution in [0, 0.1) is 19.3 Å². The summed E-state index contributed by atoms with van der Waals surface area (Å²) >= 11 is 0. The number of piperidine rings is 1. The maximum Gasteiger partial charge on any atom is 0.223 e. The van der Waals surface area contributed by atoms with Crippen LogP contribution in [-0.2, 0) is 17.9 Å². The third-order valence-electron chi connectivity index (χ3n) is 5.93. The van der Waals surface area contributed by atoms with Gasteiger partial charge in [0.1, 0.15) is 5.82 Å². The van der Waals surface area contributed by atoms with Gasteiger partial charge in [0.2, 0.25) is 5.91 Å². The van der Waals surface area contributed by atoms with Crippen LogP contribution in [0.1, 0.15) is 41.9 Å². The van der Waals surface area contributed by atoms with E-state index in [1.165, 1.54) is 16.8 Å². The summed E-state index contributed by atoms with van der Waals surface area (Å²) < 4.78 is 0. The first-order valence-electron chi connectivity index (χ1n) is 9.58. The summed E-state index contributed by atoms with van der Waals surface area (Å²) in [7, 11) is 0. The molecule has 4 rings (SSSR count). The molecule has 0 aliphatic carbocycles. The number of nitrogens with zero attached hydrogens (tertiary/aromatic N) is 3. The predicted octanol–water partition coefficient (Wildman–Crippen LogP) is 3.04. The van der Waals surface area contributed by atoms with Crippen molar-refractivity contribution in [2.24, 2.45) is 5.41 Å². The molecule has 1 aromatic heterocycles. The molecule has 0 bridgehead atoms. The van der Waals surface area contributed by atoms with Crippen LogP contribution in [0.4, 0.5) is 0 Å². The van der Waals surface area contributed by atoms with Crippen molar-refractivity contribution in [2.45, 2.75) is 46.2 Å². The summed E-state index contributed by atoms with van der Waals surface area (Å²) in [5, 5.41) is 0. The van der Waals surface area contributed by atoms with E-state index in [-0.39, 0.29) is 5.41 Å². The zero-order valence-corrected chi connectivity index (χ0v) is 15.8. The average molecular weight is 352 g/mol. The first kappa shape index (κ1) is 17.3. The van der Waals surface area contributed by atoms with E-state index in [1.807, 2.05) is 13.1 Å². The molecule has 0 unspecified atom stereocenters. The van der Waals surface area contributed by atoms with Gasteiger partial charge < -0.3 is 9.88 Å². The van der Waals surface area contributed by atoms with Gasteiger partial charge in [0.25, 0.3) is 0 Å². The van der Waals surface area contributed by atoms with E-state index in [1.54, 1.807) is 0 Å². The molecule has 2 fully saturated rings. The Balaban J connectivity index is 1.35. The SMILES string of the molecule is Cc1cccc(CN2CC3(CCN(Cc4cnc(C)[nH]4)CC3)CC2=O)c1. The fraction of sp³-hybridized carbons (Fsp3) is 0.524. The van der Waals surface area contributed by atoms with Crippen molar-refractivity contribution in [1.82, 2.24) is 19.8 Å². The zero-order chi connectivity index (χ0) is 18.1. The highest BCUT2D eigenvalue weighted by Gasteiger charge is 2.44. The molecule has 0 atom stereocenters. The molecule has 5 heteroatoms. The number of likely N-dealkylation sites (tertiary alicyclic amines) is 2. The molecule has 26 heavy (non-hydrogen) atoms. The lowest BCUT2D eigenvalue weighted by atomic mass is 9.77. The van der Waals surface area contributed by atoms with Crippen molar-refractivity contribution in [1.29, 1.82) is 0 Å². The Morgan fingerprint density at radius 2 is 2.00 bits per heavy atom. The summed E-state index contributed by atoms with van der Waals surface area (Å²) in [4.78, 5) is 24.8. The molecule has 138 valence electrons. The zero-order valence-electron chi connectivity index (χ0n) is 15.8. The first-order chi connectivity index (χ1) is 12.5. The third-order valence-corrected chi connectivity index (χ3v) is 5.93. The van der Waals surface area contributed by atoms with E-state index in [2.05, 4.69) is 51.0 Å². The topological polar surface area (TPSA) is 52.2 Å². The number of aryl methyl sites for hydroxylation is 2. The summed E-state index contributed by atoms with van der Waals surface area (Å²) in [6.07, 6.45) is 4.87. The van der Waals surface area contributed by atoms with E-state index in [9.17, 15) is 4.79 Å². The lowest BCUT2D eigenvalue weighted by Gasteiger charge is -2.38. The second kappa shape index (κ2) is 6.88. The van der Waals surface area contributed by atoms with Crippen LogP contribution in [0.15, 0.2) is 30.5 Å². The van der Waals surface area contributed by atoms with Gasteiger partial charge in [-0.1, -0.05) is 29.8 Å². The normalized spacial score (nSPS) is 20.2. The maximum absolute atomic E-state index is 12.6. The number of rotatable bonds is 4. The minimum absolute atomic E-state index is 0.182. The average Bonchev–Trinajstić information content (AvgIpc) is 3.14. The van der Waals surface area contributed by atoms with Gasteiger partial charge in [-0.3, -0.25) is 9.69 Å². The number of hydrogen-bond donors (Lipinski definition) is 1. The van der Waals surface area contributed by atoms with E-state index in [0.29, 0.717) is 5.91 Å². The van der Waals surface area contributed by atoms with E-state index in [4.69, 9.17) is 0 Å². The van der Waals surface area contributed by atoms with Crippen LogP contribution in [0.3, 0.4) is 0 Å². The minimum atomic E-state index is 0.182. The molecule has 2 aromatic rings. The lowest BCUT2D eigenvalue weighted by molar-refractivity contribution is -0.128. The third kappa shape index (κ3) is 3.68. The molecule has 2 aliphatic rings. The molecule has 2 aliphatic heterocycles. The standard InChI is InChI=1S/C21H28N4O/c1-16-4-3-5-18(10-16)13-25-15-21(11-20(25)26)6-8-24(9-7-21)14-19-12-22-17(2)23-19/h3-5,10,12H,6-9,11,13-15H2,1-2H3,(H,22,23). The summed E-state index contributed by atoms with van der Waals surface area (Å²) in [6, 6.07) is 8.50. The molecule has 1 amide bonds. The Bertz CT molecular complexity index is 789. The Kier molecular flexibility index (Phi) is 4.57. The van der Waals surface area contributed by atoms with E-state index >= 15 is 0 Å². The van der Waals surface area contributed by atoms with Crippen molar-refractivity contribution in [3.63, 3.8) is 0 Å². The fourth-order valence-corrected chi connectivity index (χ4v) is 4.47. The number of benzene rings is 1. The number of nitrogens with one attached hydrogen (secondary N) is 1. The smallest absolute Gasteiger partial charge is 0.223 e. The Morgan fingerprint density at radius 3 is 2.69 bits per heavy atom. The summed E-state index contributed by atoms with van der Waals surface area (Å²) in [5.41, 5.74) is 3.86. The number of aromatic amines is 1. The molecule has 0 saturated carbocycles. The van der Waals surface area contributed by atoms with Crippen molar-refractivity contribution in [3.8, 4) is 0 Å². The maximum atomic E-state index is 12.6. The molecule has 5 nitrogen and oxygen atoms in total. The molecule has 3 heterocycles. The monoisotopic (exact) mass is 352 g/mol. The van der Waals surface area contributed by atoms with E-state index < -0.39 is 0 Å². The van der Waals surface area contributed by atoms with Gasteiger partial charge in [-0.05, 0) is 50.8 Å². The van der Waals surface area contributed by atoms with Crippen LogP contribution in [0.25, 0.3) is 0 Å². The van der Waals surface area contributed by atoms with Gasteiger partial charge in [-0.15, -0.1) is 0 Å². The Morgan fingerprint density at radius 1 is 1.19 bits per heavy atom. The van der Waals surface area contributed by atoms with Crippen molar-refractivity contribution >= 4 is 5.91 Å². The van der Waals surface area contributed by atoms with Crippen molar-refractivity contribution in [3.05, 3.63) is 53.1 Å². The van der Waals surface area contributed by atoms with Crippen LogP contribution in [0.5, 0.6) is 0 Å². The molecule has 0 radical (unpaired) electrons. The predicted molar refractivity (Wildman–Crippen MR) is 101 cm³/mol. The highest BCUT2D eigenvalue weighted by Crippen LogP contribution is 2.41. The van der Waals surface area contributed by atoms with Crippen molar-refractivity contribution < 1.29 is 4.79 Å². The highest BCUT2D eigenvalue weighted by molar-refractivity contribution is 5.79. The largest absolute Gasteiger partial charge is 0.345 e. The van der Waals surface area contributed by atoms with E-state index in [0.717, 1.165) is 57.8 Å². The molecular formula is C21H28N4O. The minimum Gasteiger partial charge on any atom is -0.345 e. The van der Waals surface area contributed by atoms with Crippen molar-refractivity contribution in [2.75, 3.05) is 19.6 Å². The van der Waals surface area contributed by atoms with Gasteiger partial charge in [0.05, 0.1) is 0 Å². The summed E-state index contributed by atoms with van der Waals surface area (Å²) in [6.45, 7) is 8.80. The van der Waals surface area contributed by atoms with Gasteiger partial charge in [-0.2, -0.15) is 0 Å². The number of H-pyrrole nitrogens is 1.